The van der Waals surface area contributed by atoms with Crippen molar-refractivity contribution in [1.82, 2.24) is 9.78 Å². The second kappa shape index (κ2) is 6.73. The molecule has 0 spiro atoms. The number of aryl methyl sites for hydroxylation is 2. The van der Waals surface area contributed by atoms with E-state index in [9.17, 15) is 14.4 Å². The topological polar surface area (TPSA) is 67.5 Å². The minimum absolute atomic E-state index is 0.118. The number of benzene rings is 1. The molecule has 0 unspecified atom stereocenters. The molecule has 0 fully saturated rings. The SMILES string of the molecule is CCc1cc(COc2cc(F)ccc2B(O)O)n(CC)n1. The van der Waals surface area contributed by atoms with Gasteiger partial charge in [-0.1, -0.05) is 13.0 Å². The quantitative estimate of drug-likeness (QED) is 0.775. The molecule has 7 heteroatoms. The summed E-state index contributed by atoms with van der Waals surface area (Å²) >= 11 is 0. The lowest BCUT2D eigenvalue weighted by Crippen LogP contribution is -2.31. The van der Waals surface area contributed by atoms with Crippen LogP contribution in [-0.4, -0.2) is 26.9 Å². The van der Waals surface area contributed by atoms with Crippen molar-refractivity contribution in [3.63, 3.8) is 0 Å². The van der Waals surface area contributed by atoms with Crippen LogP contribution >= 0.6 is 0 Å². The first-order valence-electron chi connectivity index (χ1n) is 6.89. The van der Waals surface area contributed by atoms with E-state index in [1.165, 1.54) is 6.07 Å². The van der Waals surface area contributed by atoms with E-state index < -0.39 is 12.9 Å². The third-order valence-corrected chi connectivity index (χ3v) is 3.21. The Labute approximate surface area is 123 Å². The first-order valence-corrected chi connectivity index (χ1v) is 6.89. The smallest absolute Gasteiger partial charge is 0.488 e. The molecular weight excluding hydrogens is 274 g/mol. The Hall–Kier alpha value is -1.86. The van der Waals surface area contributed by atoms with Crippen molar-refractivity contribution in [3.8, 4) is 5.75 Å². The maximum Gasteiger partial charge on any atom is 0.492 e. The lowest BCUT2D eigenvalue weighted by atomic mass is 9.79. The van der Waals surface area contributed by atoms with Crippen LogP contribution in [0.15, 0.2) is 24.3 Å². The van der Waals surface area contributed by atoms with Crippen LogP contribution in [-0.2, 0) is 19.6 Å². The average Bonchev–Trinajstić information content (AvgIpc) is 2.87. The van der Waals surface area contributed by atoms with Crippen LogP contribution in [0, 0.1) is 5.82 Å². The second-order valence-corrected chi connectivity index (χ2v) is 4.64. The van der Waals surface area contributed by atoms with Gasteiger partial charge >= 0.3 is 7.12 Å². The van der Waals surface area contributed by atoms with Crippen LogP contribution < -0.4 is 10.2 Å². The lowest BCUT2D eigenvalue weighted by Gasteiger charge is -2.11. The molecule has 0 atom stereocenters. The number of hydrogen-bond donors (Lipinski definition) is 2. The van der Waals surface area contributed by atoms with Gasteiger partial charge in [0, 0.05) is 18.1 Å². The van der Waals surface area contributed by atoms with E-state index in [4.69, 9.17) is 4.74 Å². The van der Waals surface area contributed by atoms with E-state index in [1.807, 2.05) is 24.6 Å². The normalized spacial score (nSPS) is 10.7. The fourth-order valence-corrected chi connectivity index (χ4v) is 2.08. The minimum atomic E-state index is -1.71. The van der Waals surface area contributed by atoms with E-state index in [1.54, 1.807) is 0 Å². The monoisotopic (exact) mass is 292 g/mol. The van der Waals surface area contributed by atoms with Gasteiger partial charge in [-0.05, 0) is 25.5 Å². The van der Waals surface area contributed by atoms with Gasteiger partial charge in [0.2, 0.25) is 0 Å². The number of hydrogen-bond acceptors (Lipinski definition) is 4. The Morgan fingerprint density at radius 1 is 1.29 bits per heavy atom. The minimum Gasteiger partial charge on any atom is -0.488 e. The Balaban J connectivity index is 2.19. The molecule has 0 saturated carbocycles. The number of aromatic nitrogens is 2. The van der Waals surface area contributed by atoms with E-state index in [0.717, 1.165) is 29.9 Å². The van der Waals surface area contributed by atoms with E-state index >= 15 is 0 Å². The Morgan fingerprint density at radius 2 is 2.05 bits per heavy atom. The predicted molar refractivity (Wildman–Crippen MR) is 77.8 cm³/mol. The number of halogens is 1. The summed E-state index contributed by atoms with van der Waals surface area (Å²) < 4.78 is 20.6. The molecule has 1 aromatic carbocycles. The number of ether oxygens (including phenoxy) is 1. The summed E-state index contributed by atoms with van der Waals surface area (Å²) in [6.07, 6.45) is 0.820. The first-order chi connectivity index (χ1) is 10.0. The van der Waals surface area contributed by atoms with Crippen LogP contribution in [0.5, 0.6) is 5.75 Å². The molecule has 2 N–H and O–H groups in total. The van der Waals surface area contributed by atoms with Crippen LogP contribution in [0.4, 0.5) is 4.39 Å². The molecule has 2 rings (SSSR count). The molecule has 0 radical (unpaired) electrons. The Kier molecular flexibility index (Phi) is 4.98. The first kappa shape index (κ1) is 15.5. The maximum absolute atomic E-state index is 13.3. The van der Waals surface area contributed by atoms with Crippen LogP contribution in [0.1, 0.15) is 25.2 Å². The van der Waals surface area contributed by atoms with Gasteiger partial charge in [-0.2, -0.15) is 5.10 Å². The third-order valence-electron chi connectivity index (χ3n) is 3.21. The molecule has 112 valence electrons. The molecule has 0 amide bonds. The van der Waals surface area contributed by atoms with Crippen molar-refractivity contribution in [3.05, 3.63) is 41.5 Å². The van der Waals surface area contributed by atoms with Crippen molar-refractivity contribution in [1.29, 1.82) is 0 Å². The highest BCUT2D eigenvalue weighted by atomic mass is 19.1. The Bertz CT molecular complexity index is 616. The Morgan fingerprint density at radius 3 is 2.67 bits per heavy atom. The molecule has 0 bridgehead atoms. The molecule has 5 nitrogen and oxygen atoms in total. The summed E-state index contributed by atoms with van der Waals surface area (Å²) in [6.45, 7) is 4.88. The van der Waals surface area contributed by atoms with Gasteiger partial charge in [0.05, 0.1) is 11.4 Å². The summed E-state index contributed by atoms with van der Waals surface area (Å²) in [5, 5.41) is 22.9. The lowest BCUT2D eigenvalue weighted by molar-refractivity contribution is 0.291. The number of nitrogens with zero attached hydrogens (tertiary/aromatic N) is 2. The maximum atomic E-state index is 13.3. The predicted octanol–water partition coefficient (Wildman–Crippen LogP) is 0.863. The molecule has 0 saturated heterocycles. The van der Waals surface area contributed by atoms with E-state index in [0.29, 0.717) is 6.54 Å². The van der Waals surface area contributed by atoms with E-state index in [-0.39, 0.29) is 17.8 Å². The molecule has 2 aromatic rings. The van der Waals surface area contributed by atoms with Crippen molar-refractivity contribution < 1.29 is 19.2 Å². The largest absolute Gasteiger partial charge is 0.492 e. The zero-order valence-electron chi connectivity index (χ0n) is 12.1. The van der Waals surface area contributed by atoms with Gasteiger partial charge in [-0.15, -0.1) is 0 Å². The van der Waals surface area contributed by atoms with Crippen LogP contribution in [0.3, 0.4) is 0 Å². The molecule has 0 aliphatic carbocycles. The van der Waals surface area contributed by atoms with Crippen LogP contribution in [0.25, 0.3) is 0 Å². The van der Waals surface area contributed by atoms with Gasteiger partial charge < -0.3 is 14.8 Å². The van der Waals surface area contributed by atoms with Gasteiger partial charge in [-0.3, -0.25) is 4.68 Å². The van der Waals surface area contributed by atoms with Gasteiger partial charge in [0.25, 0.3) is 0 Å². The highest BCUT2D eigenvalue weighted by Crippen LogP contribution is 2.14. The molecule has 0 aliphatic heterocycles. The molecular formula is C14H18BFN2O3. The zero-order chi connectivity index (χ0) is 15.4. The summed E-state index contributed by atoms with van der Waals surface area (Å²) in [7, 11) is -1.71. The van der Waals surface area contributed by atoms with Crippen LogP contribution in [0.2, 0.25) is 0 Å². The van der Waals surface area contributed by atoms with Gasteiger partial charge in [0.1, 0.15) is 18.2 Å². The fraction of sp³-hybridized carbons (Fsp3) is 0.357. The summed E-state index contributed by atoms with van der Waals surface area (Å²) in [4.78, 5) is 0. The average molecular weight is 292 g/mol. The van der Waals surface area contributed by atoms with Crippen molar-refractivity contribution in [2.75, 3.05) is 0 Å². The molecule has 1 heterocycles. The van der Waals surface area contributed by atoms with E-state index in [2.05, 4.69) is 5.10 Å². The van der Waals surface area contributed by atoms with Crippen molar-refractivity contribution in [2.24, 2.45) is 0 Å². The van der Waals surface area contributed by atoms with Crippen molar-refractivity contribution in [2.45, 2.75) is 33.4 Å². The van der Waals surface area contributed by atoms with Crippen molar-refractivity contribution >= 4 is 12.6 Å². The third kappa shape index (κ3) is 3.62. The molecule has 1 aromatic heterocycles. The second-order valence-electron chi connectivity index (χ2n) is 4.64. The molecule has 0 aliphatic rings. The summed E-state index contributed by atoms with van der Waals surface area (Å²) in [5.74, 6) is -0.375. The zero-order valence-corrected chi connectivity index (χ0v) is 12.1. The molecule has 21 heavy (non-hydrogen) atoms. The fourth-order valence-electron chi connectivity index (χ4n) is 2.08. The highest BCUT2D eigenvalue weighted by molar-refractivity contribution is 6.59. The van der Waals surface area contributed by atoms with Gasteiger partial charge in [-0.25, -0.2) is 4.39 Å². The summed E-state index contributed by atoms with van der Waals surface area (Å²) in [6, 6.07) is 5.52. The van der Waals surface area contributed by atoms with Gasteiger partial charge in [0.15, 0.2) is 0 Å². The standard InChI is InChI=1S/C14H18BFN2O3/c1-3-11-8-12(18(4-2)17-11)9-21-14-7-10(16)5-6-13(14)15(19)20/h5-8,19-20H,3-4,9H2,1-2H3. The summed E-state index contributed by atoms with van der Waals surface area (Å²) in [5.41, 5.74) is 1.95. The highest BCUT2D eigenvalue weighted by Gasteiger charge is 2.18. The number of rotatable bonds is 6.